The summed E-state index contributed by atoms with van der Waals surface area (Å²) < 4.78 is 7.00. The van der Waals surface area contributed by atoms with Crippen molar-refractivity contribution in [3.63, 3.8) is 0 Å². The van der Waals surface area contributed by atoms with Crippen molar-refractivity contribution in [1.29, 1.82) is 0 Å². The molecule has 0 amide bonds. The van der Waals surface area contributed by atoms with Gasteiger partial charge in [-0.3, -0.25) is 0 Å². The lowest BCUT2D eigenvalue weighted by molar-refractivity contribution is 0.142. The van der Waals surface area contributed by atoms with Gasteiger partial charge in [-0.2, -0.15) is 0 Å². The van der Waals surface area contributed by atoms with Crippen LogP contribution in [-0.2, 0) is 0 Å². The Morgan fingerprint density at radius 2 is 2.00 bits per heavy atom. The number of benzene rings is 1. The Kier molecular flexibility index (Phi) is 4.46. The Morgan fingerprint density at radius 1 is 1.29 bits per heavy atom. The van der Waals surface area contributed by atoms with Crippen LogP contribution in [0.3, 0.4) is 0 Å². The van der Waals surface area contributed by atoms with Crippen LogP contribution in [0, 0.1) is 0 Å². The molecule has 17 heavy (non-hydrogen) atoms. The molecule has 0 aliphatic heterocycles. The van der Waals surface area contributed by atoms with Gasteiger partial charge in [0.2, 0.25) is 0 Å². The van der Waals surface area contributed by atoms with E-state index in [-0.39, 0.29) is 0 Å². The number of hydrogen-bond acceptors (Lipinski definition) is 2. The Morgan fingerprint density at radius 3 is 2.65 bits per heavy atom. The van der Waals surface area contributed by atoms with Crippen LogP contribution in [0.15, 0.2) is 22.7 Å². The van der Waals surface area contributed by atoms with E-state index in [2.05, 4.69) is 15.9 Å². The molecule has 0 saturated heterocycles. The average Bonchev–Trinajstić information content (AvgIpc) is 2.32. The summed E-state index contributed by atoms with van der Waals surface area (Å²) in [6.07, 6.45) is 5.93. The van der Waals surface area contributed by atoms with E-state index in [4.69, 9.17) is 4.74 Å². The minimum Gasteiger partial charge on any atom is -0.490 e. The van der Waals surface area contributed by atoms with Crippen LogP contribution in [0.5, 0.6) is 5.75 Å². The number of ether oxygens (including phenoxy) is 1. The molecule has 1 atom stereocenters. The normalized spacial score (nSPS) is 19.0. The highest BCUT2D eigenvalue weighted by Crippen LogP contribution is 2.31. The van der Waals surface area contributed by atoms with Gasteiger partial charge in [-0.15, -0.1) is 0 Å². The summed E-state index contributed by atoms with van der Waals surface area (Å²) in [7, 11) is 0. The molecule has 0 bridgehead atoms. The van der Waals surface area contributed by atoms with Crippen LogP contribution in [-0.4, -0.2) is 11.2 Å². The molecule has 2 rings (SSSR count). The first-order valence-electron chi connectivity index (χ1n) is 6.31. The maximum atomic E-state index is 9.76. The fraction of sp³-hybridized carbons (Fsp3) is 0.571. The van der Waals surface area contributed by atoms with Gasteiger partial charge in [-0.25, -0.2) is 0 Å². The van der Waals surface area contributed by atoms with Gasteiger partial charge in [0.1, 0.15) is 5.75 Å². The molecule has 1 aliphatic carbocycles. The molecular weight excluding hydrogens is 280 g/mol. The highest BCUT2D eigenvalue weighted by molar-refractivity contribution is 9.10. The molecule has 0 aromatic heterocycles. The summed E-state index contributed by atoms with van der Waals surface area (Å²) in [6, 6.07) is 5.84. The lowest BCUT2D eigenvalue weighted by Gasteiger charge is -2.25. The molecular formula is C14H19BrO2. The SMILES string of the molecule is C[C@H](O)c1cc(Br)ccc1OC1CCCCC1. The molecule has 1 saturated carbocycles. The third-order valence-corrected chi connectivity index (χ3v) is 3.76. The van der Waals surface area contributed by atoms with Crippen molar-refractivity contribution in [2.24, 2.45) is 0 Å². The summed E-state index contributed by atoms with van der Waals surface area (Å²) in [5.74, 6) is 0.829. The molecule has 0 spiro atoms. The van der Waals surface area contributed by atoms with Crippen LogP contribution in [0.4, 0.5) is 0 Å². The summed E-state index contributed by atoms with van der Waals surface area (Å²) in [4.78, 5) is 0. The molecule has 1 N–H and O–H groups in total. The first-order valence-corrected chi connectivity index (χ1v) is 7.10. The van der Waals surface area contributed by atoms with Gasteiger partial charge in [-0.05, 0) is 50.8 Å². The van der Waals surface area contributed by atoms with Gasteiger partial charge in [0.15, 0.2) is 0 Å². The van der Waals surface area contributed by atoms with Crippen molar-refractivity contribution < 1.29 is 9.84 Å². The van der Waals surface area contributed by atoms with Gasteiger partial charge in [-0.1, -0.05) is 22.4 Å². The smallest absolute Gasteiger partial charge is 0.125 e. The fourth-order valence-corrected chi connectivity index (χ4v) is 2.69. The van der Waals surface area contributed by atoms with Crippen molar-refractivity contribution in [1.82, 2.24) is 0 Å². The predicted molar refractivity (Wildman–Crippen MR) is 72.3 cm³/mol. The van der Waals surface area contributed by atoms with E-state index in [0.717, 1.165) is 28.6 Å². The number of halogens is 1. The molecule has 1 fully saturated rings. The van der Waals surface area contributed by atoms with Gasteiger partial charge >= 0.3 is 0 Å². The second-order valence-electron chi connectivity index (χ2n) is 4.74. The second-order valence-corrected chi connectivity index (χ2v) is 5.65. The zero-order chi connectivity index (χ0) is 12.3. The van der Waals surface area contributed by atoms with Crippen molar-refractivity contribution in [3.8, 4) is 5.75 Å². The van der Waals surface area contributed by atoms with Gasteiger partial charge in [0.05, 0.1) is 12.2 Å². The van der Waals surface area contributed by atoms with Gasteiger partial charge in [0, 0.05) is 10.0 Å². The number of aliphatic hydroxyl groups excluding tert-OH is 1. The highest BCUT2D eigenvalue weighted by Gasteiger charge is 2.17. The lowest BCUT2D eigenvalue weighted by Crippen LogP contribution is -2.20. The van der Waals surface area contributed by atoms with Crippen molar-refractivity contribution in [2.75, 3.05) is 0 Å². The predicted octanol–water partition coefficient (Wildman–Crippen LogP) is 4.21. The first-order chi connectivity index (χ1) is 8.16. The Balaban J connectivity index is 2.13. The molecule has 1 aromatic rings. The molecule has 3 heteroatoms. The van der Waals surface area contributed by atoms with Crippen LogP contribution < -0.4 is 4.74 Å². The largest absolute Gasteiger partial charge is 0.490 e. The highest BCUT2D eigenvalue weighted by atomic mass is 79.9. The van der Waals surface area contributed by atoms with Crippen LogP contribution in [0.1, 0.15) is 50.7 Å². The van der Waals surface area contributed by atoms with E-state index < -0.39 is 6.10 Å². The van der Waals surface area contributed by atoms with E-state index in [1.807, 2.05) is 18.2 Å². The molecule has 1 aliphatic rings. The Hall–Kier alpha value is -0.540. The average molecular weight is 299 g/mol. The topological polar surface area (TPSA) is 29.5 Å². The van der Waals surface area contributed by atoms with E-state index in [1.165, 1.54) is 19.3 Å². The zero-order valence-electron chi connectivity index (χ0n) is 10.2. The third-order valence-electron chi connectivity index (χ3n) is 3.27. The summed E-state index contributed by atoms with van der Waals surface area (Å²) >= 11 is 3.42. The van der Waals surface area contributed by atoms with Gasteiger partial charge in [0.25, 0.3) is 0 Å². The van der Waals surface area contributed by atoms with Gasteiger partial charge < -0.3 is 9.84 Å². The number of aliphatic hydroxyl groups is 1. The molecule has 0 heterocycles. The molecule has 2 nitrogen and oxygen atoms in total. The molecule has 0 unspecified atom stereocenters. The zero-order valence-corrected chi connectivity index (χ0v) is 11.7. The monoisotopic (exact) mass is 298 g/mol. The minimum atomic E-state index is -0.494. The van der Waals surface area contributed by atoms with Crippen LogP contribution in [0.25, 0.3) is 0 Å². The minimum absolute atomic E-state index is 0.322. The summed E-state index contributed by atoms with van der Waals surface area (Å²) in [5, 5.41) is 9.76. The van der Waals surface area contributed by atoms with E-state index in [1.54, 1.807) is 6.92 Å². The van der Waals surface area contributed by atoms with Crippen LogP contribution >= 0.6 is 15.9 Å². The van der Waals surface area contributed by atoms with Crippen LogP contribution in [0.2, 0.25) is 0 Å². The standard InChI is InChI=1S/C14H19BrO2/c1-10(16)13-9-11(15)7-8-14(13)17-12-5-3-2-4-6-12/h7-10,12,16H,2-6H2,1H3/t10-/m0/s1. The van der Waals surface area contributed by atoms with Crippen molar-refractivity contribution >= 4 is 15.9 Å². The number of rotatable bonds is 3. The Bertz CT molecular complexity index is 370. The Labute approximate surface area is 111 Å². The van der Waals surface area contributed by atoms with E-state index in [0.29, 0.717) is 6.10 Å². The molecule has 94 valence electrons. The van der Waals surface area contributed by atoms with Crippen molar-refractivity contribution in [3.05, 3.63) is 28.2 Å². The first kappa shape index (κ1) is 12.9. The molecule has 0 radical (unpaired) electrons. The fourth-order valence-electron chi connectivity index (χ4n) is 2.32. The lowest BCUT2D eigenvalue weighted by atomic mass is 9.97. The summed E-state index contributed by atoms with van der Waals surface area (Å²) in [6.45, 7) is 1.77. The van der Waals surface area contributed by atoms with E-state index >= 15 is 0 Å². The maximum Gasteiger partial charge on any atom is 0.125 e. The third kappa shape index (κ3) is 3.46. The maximum absolute atomic E-state index is 9.76. The quantitative estimate of drug-likeness (QED) is 0.905. The van der Waals surface area contributed by atoms with E-state index in [9.17, 15) is 5.11 Å². The van der Waals surface area contributed by atoms with Crippen molar-refractivity contribution in [2.45, 2.75) is 51.2 Å². The molecule has 1 aromatic carbocycles. The second kappa shape index (κ2) is 5.87. The number of hydrogen-bond donors (Lipinski definition) is 1. The summed E-state index contributed by atoms with van der Waals surface area (Å²) in [5.41, 5.74) is 0.866.